The summed E-state index contributed by atoms with van der Waals surface area (Å²) < 4.78 is 6.28. The lowest BCUT2D eigenvalue weighted by Gasteiger charge is -2.35. The van der Waals surface area contributed by atoms with Crippen molar-refractivity contribution in [3.63, 3.8) is 0 Å². The summed E-state index contributed by atoms with van der Waals surface area (Å²) in [5.74, 6) is -0.145. The standard InChI is InChI=1S/C53H62N4O2/c1-9-53(6,7)52(58)59-48-19-11-10-18-47(48)57-46-31-30-44(43-29-20-38(33-54-8)32-45(43)46)49(39-21-25-41(26-22-39)55-50-34(2)14-12-15-35(50)3)40-23-27-42(28-24-40)56-51-36(4)16-13-17-37(51)5/h12-17,20-32,47-49,54-57H,9-11,18-19,33H2,1-8H3. The molecule has 0 saturated heterocycles. The lowest BCUT2D eigenvalue weighted by atomic mass is 9.82. The second kappa shape index (κ2) is 18.1. The molecule has 1 aliphatic carbocycles. The molecule has 6 heteroatoms. The minimum absolute atomic E-state index is 0.0343. The van der Waals surface area contributed by atoms with Gasteiger partial charge in [-0.15, -0.1) is 0 Å². The van der Waals surface area contributed by atoms with Gasteiger partial charge in [0.05, 0.1) is 11.5 Å². The largest absolute Gasteiger partial charge is 0.460 e. The molecule has 7 rings (SSSR count). The quantitative estimate of drug-likeness (QED) is 0.0651. The van der Waals surface area contributed by atoms with E-state index < -0.39 is 5.41 Å². The van der Waals surface area contributed by atoms with Gasteiger partial charge in [0, 0.05) is 46.3 Å². The first-order valence-electron chi connectivity index (χ1n) is 21.5. The molecule has 59 heavy (non-hydrogen) atoms. The minimum atomic E-state index is -0.505. The average molecular weight is 787 g/mol. The van der Waals surface area contributed by atoms with Crippen LogP contribution in [0.1, 0.15) is 103 Å². The maximum absolute atomic E-state index is 13.3. The molecular formula is C53H62N4O2. The van der Waals surface area contributed by atoms with E-state index in [0.29, 0.717) is 0 Å². The Morgan fingerprint density at radius 1 is 0.695 bits per heavy atom. The number of aryl methyl sites for hydroxylation is 4. The molecule has 6 nitrogen and oxygen atoms in total. The van der Waals surface area contributed by atoms with Gasteiger partial charge in [-0.3, -0.25) is 4.79 Å². The molecule has 0 radical (unpaired) electrons. The van der Waals surface area contributed by atoms with Gasteiger partial charge < -0.3 is 26.0 Å². The maximum Gasteiger partial charge on any atom is 0.311 e. The van der Waals surface area contributed by atoms with Gasteiger partial charge in [0.2, 0.25) is 0 Å². The van der Waals surface area contributed by atoms with Crippen molar-refractivity contribution in [3.8, 4) is 0 Å². The van der Waals surface area contributed by atoms with E-state index in [9.17, 15) is 4.79 Å². The van der Waals surface area contributed by atoms with E-state index >= 15 is 0 Å². The van der Waals surface area contributed by atoms with Crippen molar-refractivity contribution >= 4 is 45.2 Å². The van der Waals surface area contributed by atoms with E-state index in [1.54, 1.807) is 0 Å². The van der Waals surface area contributed by atoms with E-state index in [0.717, 1.165) is 67.1 Å². The number of hydrogen-bond acceptors (Lipinski definition) is 6. The van der Waals surface area contributed by atoms with Crippen molar-refractivity contribution in [2.45, 2.75) is 105 Å². The van der Waals surface area contributed by atoms with Gasteiger partial charge >= 0.3 is 5.97 Å². The van der Waals surface area contributed by atoms with E-state index in [-0.39, 0.29) is 24.0 Å². The number of hydrogen-bond donors (Lipinski definition) is 4. The van der Waals surface area contributed by atoms with E-state index in [2.05, 4.69) is 171 Å². The van der Waals surface area contributed by atoms with E-state index in [4.69, 9.17) is 4.74 Å². The molecule has 0 spiro atoms. The lowest BCUT2D eigenvalue weighted by molar-refractivity contribution is -0.161. The fourth-order valence-corrected chi connectivity index (χ4v) is 8.54. The van der Waals surface area contributed by atoms with Crippen molar-refractivity contribution < 1.29 is 9.53 Å². The summed E-state index contributed by atoms with van der Waals surface area (Å²) in [6.45, 7) is 15.4. The fraction of sp³-hybridized carbons (Fsp3) is 0.340. The number of rotatable bonds is 14. The van der Waals surface area contributed by atoms with Crippen LogP contribution < -0.4 is 21.3 Å². The number of esters is 1. The van der Waals surface area contributed by atoms with Crippen LogP contribution in [0.15, 0.2) is 115 Å². The van der Waals surface area contributed by atoms with Crippen molar-refractivity contribution in [1.82, 2.24) is 5.32 Å². The first-order valence-corrected chi connectivity index (χ1v) is 21.5. The van der Waals surface area contributed by atoms with Crippen LogP contribution in [0.3, 0.4) is 0 Å². The van der Waals surface area contributed by atoms with Gasteiger partial charge in [-0.2, -0.15) is 0 Å². The summed E-state index contributed by atoms with van der Waals surface area (Å²) in [5.41, 5.74) is 14.8. The van der Waals surface area contributed by atoms with Gasteiger partial charge in [0.15, 0.2) is 0 Å². The molecule has 0 aliphatic heterocycles. The molecule has 0 aromatic heterocycles. The number of para-hydroxylation sites is 2. The Labute approximate surface area is 352 Å². The summed E-state index contributed by atoms with van der Waals surface area (Å²) in [6, 6.07) is 42.2. The minimum Gasteiger partial charge on any atom is -0.460 e. The zero-order valence-corrected chi connectivity index (χ0v) is 36.3. The highest BCUT2D eigenvalue weighted by atomic mass is 16.5. The molecule has 2 atom stereocenters. The first kappa shape index (κ1) is 41.6. The van der Waals surface area contributed by atoms with E-state index in [1.165, 1.54) is 55.3 Å². The molecule has 0 amide bonds. The Morgan fingerprint density at radius 3 is 1.76 bits per heavy atom. The first-order chi connectivity index (χ1) is 28.4. The summed E-state index contributed by atoms with van der Waals surface area (Å²) >= 11 is 0. The van der Waals surface area contributed by atoms with Gasteiger partial charge in [-0.1, -0.05) is 92.2 Å². The fourth-order valence-electron chi connectivity index (χ4n) is 8.54. The summed E-state index contributed by atoms with van der Waals surface area (Å²) in [5, 5.41) is 17.0. The number of benzene rings is 6. The average Bonchev–Trinajstić information content (AvgIpc) is 3.23. The number of ether oxygens (including phenoxy) is 1. The number of carbonyl (C=O) groups is 1. The van der Waals surface area contributed by atoms with E-state index in [1.807, 2.05) is 20.9 Å². The summed E-state index contributed by atoms with van der Waals surface area (Å²) in [6.07, 6.45) is 4.57. The van der Waals surface area contributed by atoms with Crippen molar-refractivity contribution in [3.05, 3.63) is 160 Å². The summed E-state index contributed by atoms with van der Waals surface area (Å²) in [7, 11) is 1.99. The van der Waals surface area contributed by atoms with Crippen LogP contribution in [-0.4, -0.2) is 25.2 Å². The number of carbonyl (C=O) groups excluding carboxylic acids is 1. The van der Waals surface area contributed by atoms with Crippen molar-refractivity contribution in [1.29, 1.82) is 0 Å². The number of fused-ring (bicyclic) bond motifs is 1. The van der Waals surface area contributed by atoms with Crippen LogP contribution in [0, 0.1) is 33.1 Å². The molecular weight excluding hydrogens is 725 g/mol. The van der Waals surface area contributed by atoms with Gasteiger partial charge in [-0.25, -0.2) is 0 Å². The lowest BCUT2D eigenvalue weighted by Crippen LogP contribution is -2.42. The molecule has 1 saturated carbocycles. The van der Waals surface area contributed by atoms with Gasteiger partial charge in [0.25, 0.3) is 0 Å². The highest BCUT2D eigenvalue weighted by Gasteiger charge is 2.34. The predicted octanol–water partition coefficient (Wildman–Crippen LogP) is 13.2. The van der Waals surface area contributed by atoms with Crippen LogP contribution in [0.5, 0.6) is 0 Å². The third-order valence-corrected chi connectivity index (χ3v) is 12.5. The molecule has 6 aromatic rings. The molecule has 6 aromatic carbocycles. The monoisotopic (exact) mass is 786 g/mol. The number of anilines is 5. The third kappa shape index (κ3) is 9.34. The van der Waals surface area contributed by atoms with Gasteiger partial charge in [-0.05, 0) is 161 Å². The molecule has 0 bridgehead atoms. The molecule has 1 fully saturated rings. The zero-order chi connectivity index (χ0) is 41.7. The zero-order valence-electron chi connectivity index (χ0n) is 36.3. The third-order valence-electron chi connectivity index (χ3n) is 12.5. The highest BCUT2D eigenvalue weighted by Crippen LogP contribution is 2.41. The Bertz CT molecular complexity index is 2260. The Morgan fingerprint density at radius 2 is 1.24 bits per heavy atom. The van der Waals surface area contributed by atoms with Gasteiger partial charge in [0.1, 0.15) is 6.10 Å². The van der Waals surface area contributed by atoms with Crippen LogP contribution in [0.2, 0.25) is 0 Å². The smallest absolute Gasteiger partial charge is 0.311 e. The van der Waals surface area contributed by atoms with Crippen LogP contribution in [0.4, 0.5) is 28.4 Å². The predicted molar refractivity (Wildman–Crippen MR) is 249 cm³/mol. The SMILES string of the molecule is CCC(C)(C)C(=O)OC1CCCCC1Nc1ccc(C(c2ccc(Nc3c(C)cccc3C)cc2)c2ccc(Nc3c(C)cccc3C)cc2)c2ccc(CNC)cc12. The molecule has 0 heterocycles. The highest BCUT2D eigenvalue weighted by molar-refractivity contribution is 5.97. The topological polar surface area (TPSA) is 74.4 Å². The second-order valence-corrected chi connectivity index (χ2v) is 17.3. The van der Waals surface area contributed by atoms with Crippen molar-refractivity contribution in [2.75, 3.05) is 23.0 Å². The maximum atomic E-state index is 13.3. The number of nitrogens with one attached hydrogen (secondary N) is 4. The molecule has 4 N–H and O–H groups in total. The van der Waals surface area contributed by atoms with Crippen molar-refractivity contribution in [2.24, 2.45) is 5.41 Å². The van der Waals surface area contributed by atoms with Crippen LogP contribution >= 0.6 is 0 Å². The molecule has 1 aliphatic rings. The normalized spacial score (nSPS) is 15.6. The van der Waals surface area contributed by atoms with Crippen LogP contribution in [0.25, 0.3) is 10.8 Å². The molecule has 306 valence electrons. The molecule has 2 unspecified atom stereocenters. The van der Waals surface area contributed by atoms with Crippen LogP contribution in [-0.2, 0) is 16.1 Å². The Kier molecular flexibility index (Phi) is 12.8. The second-order valence-electron chi connectivity index (χ2n) is 17.3. The Hall–Kier alpha value is -5.59. The summed E-state index contributed by atoms with van der Waals surface area (Å²) in [4.78, 5) is 13.3. The Balaban J connectivity index is 1.29.